The molecule has 0 unspecified atom stereocenters. The minimum absolute atomic E-state index is 0.0572. The lowest BCUT2D eigenvalue weighted by Crippen LogP contribution is -2.09. The Bertz CT molecular complexity index is 1030. The third kappa shape index (κ3) is 3.26. The summed E-state index contributed by atoms with van der Waals surface area (Å²) in [6.45, 7) is -0.877. The van der Waals surface area contributed by atoms with Crippen LogP contribution in [0.2, 0.25) is 0 Å². The summed E-state index contributed by atoms with van der Waals surface area (Å²) in [6, 6.07) is 12.7. The van der Waals surface area contributed by atoms with Gasteiger partial charge < -0.3 is 4.74 Å². The zero-order valence-corrected chi connectivity index (χ0v) is 15.2. The molecule has 0 bridgehead atoms. The molecule has 5 heteroatoms. The zero-order chi connectivity index (χ0) is 19.8. The van der Waals surface area contributed by atoms with Crippen LogP contribution in [0.3, 0.4) is 0 Å². The van der Waals surface area contributed by atoms with Crippen LogP contribution in [-0.2, 0) is 19.3 Å². The second-order valence-electron chi connectivity index (χ2n) is 6.82. The fraction of sp³-hybridized carbons (Fsp3) is 0.217. The molecule has 144 valence electrons. The second kappa shape index (κ2) is 7.30. The summed E-state index contributed by atoms with van der Waals surface area (Å²) in [4.78, 5) is 0. The third-order valence-corrected chi connectivity index (χ3v) is 5.20. The molecule has 0 heterocycles. The molecule has 1 aliphatic rings. The van der Waals surface area contributed by atoms with Crippen molar-refractivity contribution in [3.8, 4) is 28.0 Å². The van der Waals surface area contributed by atoms with E-state index in [4.69, 9.17) is 0 Å². The van der Waals surface area contributed by atoms with Crippen LogP contribution >= 0.6 is 0 Å². The Hall–Kier alpha value is -2.82. The maximum atomic E-state index is 15.3. The van der Waals surface area contributed by atoms with E-state index in [9.17, 15) is 13.2 Å². The van der Waals surface area contributed by atoms with E-state index >= 15 is 4.39 Å². The van der Waals surface area contributed by atoms with E-state index in [1.807, 2.05) is 12.1 Å². The second-order valence-corrected chi connectivity index (χ2v) is 6.82. The first kappa shape index (κ1) is 18.5. The molecule has 0 amide bonds. The number of halogens is 4. The molecule has 3 aromatic carbocycles. The van der Waals surface area contributed by atoms with Crippen molar-refractivity contribution in [2.24, 2.45) is 0 Å². The van der Waals surface area contributed by atoms with Crippen molar-refractivity contribution in [3.63, 3.8) is 0 Å². The maximum Gasteiger partial charge on any atom is 0.387 e. The zero-order valence-electron chi connectivity index (χ0n) is 15.2. The molecule has 1 aliphatic carbocycles. The van der Waals surface area contributed by atoms with Gasteiger partial charge in [-0.1, -0.05) is 37.3 Å². The molecular weight excluding hydrogens is 368 g/mol. The lowest BCUT2D eigenvalue weighted by atomic mass is 9.82. The number of fused-ring (bicyclic) bond motifs is 3. The van der Waals surface area contributed by atoms with Gasteiger partial charge in [-0.25, -0.2) is 8.78 Å². The summed E-state index contributed by atoms with van der Waals surface area (Å²) in [5.74, 6) is -1.33. The van der Waals surface area contributed by atoms with Gasteiger partial charge in [0.1, 0.15) is 17.4 Å². The van der Waals surface area contributed by atoms with E-state index in [2.05, 4.69) is 17.7 Å². The molecule has 0 spiro atoms. The van der Waals surface area contributed by atoms with Crippen LogP contribution in [0, 0.1) is 11.6 Å². The van der Waals surface area contributed by atoms with Gasteiger partial charge in [-0.3, -0.25) is 0 Å². The maximum absolute atomic E-state index is 15.3. The topological polar surface area (TPSA) is 9.23 Å². The van der Waals surface area contributed by atoms with Crippen LogP contribution in [-0.4, -0.2) is 6.61 Å². The Balaban J connectivity index is 1.78. The fourth-order valence-corrected chi connectivity index (χ4v) is 3.81. The molecule has 0 saturated heterocycles. The molecule has 0 fully saturated rings. The summed E-state index contributed by atoms with van der Waals surface area (Å²) in [6.07, 6.45) is 2.09. The highest BCUT2D eigenvalue weighted by atomic mass is 19.3. The van der Waals surface area contributed by atoms with Crippen LogP contribution in [0.5, 0.6) is 5.75 Å². The van der Waals surface area contributed by atoms with Gasteiger partial charge in [-0.2, -0.15) is 8.78 Å². The predicted molar refractivity (Wildman–Crippen MR) is 101 cm³/mol. The number of alkyl halides is 2. The first-order valence-corrected chi connectivity index (χ1v) is 9.16. The molecule has 28 heavy (non-hydrogen) atoms. The minimum Gasteiger partial charge on any atom is -0.435 e. The van der Waals surface area contributed by atoms with Crippen molar-refractivity contribution in [3.05, 3.63) is 76.9 Å². The molecule has 3 aromatic rings. The average molecular weight is 386 g/mol. The van der Waals surface area contributed by atoms with E-state index in [0.29, 0.717) is 24.0 Å². The van der Waals surface area contributed by atoms with Crippen molar-refractivity contribution in [2.45, 2.75) is 32.8 Å². The van der Waals surface area contributed by atoms with Gasteiger partial charge >= 0.3 is 6.61 Å². The first-order valence-electron chi connectivity index (χ1n) is 9.16. The molecule has 0 aromatic heterocycles. The van der Waals surface area contributed by atoms with Crippen molar-refractivity contribution in [1.82, 2.24) is 0 Å². The molecule has 4 rings (SSSR count). The Labute approximate surface area is 160 Å². The summed E-state index contributed by atoms with van der Waals surface area (Å²) >= 11 is 0. The molecule has 1 nitrogen and oxygen atoms in total. The highest BCUT2D eigenvalue weighted by Crippen LogP contribution is 2.40. The monoisotopic (exact) mass is 386 g/mol. The van der Waals surface area contributed by atoms with E-state index < -0.39 is 18.2 Å². The highest BCUT2D eigenvalue weighted by molar-refractivity contribution is 5.78. The van der Waals surface area contributed by atoms with Crippen LogP contribution in [0.15, 0.2) is 48.5 Å². The van der Waals surface area contributed by atoms with Gasteiger partial charge in [-0.05, 0) is 70.8 Å². The molecular formula is C23H18F4O. The van der Waals surface area contributed by atoms with Gasteiger partial charge in [0.2, 0.25) is 0 Å². The Kier molecular flexibility index (Phi) is 4.84. The largest absolute Gasteiger partial charge is 0.435 e. The van der Waals surface area contributed by atoms with Gasteiger partial charge in [0, 0.05) is 0 Å². The van der Waals surface area contributed by atoms with Gasteiger partial charge in [-0.15, -0.1) is 0 Å². The molecule has 0 aliphatic heterocycles. The van der Waals surface area contributed by atoms with Crippen LogP contribution in [0.4, 0.5) is 17.6 Å². The van der Waals surface area contributed by atoms with Crippen molar-refractivity contribution < 1.29 is 22.3 Å². The number of aryl methyl sites for hydroxylation is 2. The number of rotatable bonds is 4. The van der Waals surface area contributed by atoms with Crippen molar-refractivity contribution in [1.29, 1.82) is 0 Å². The van der Waals surface area contributed by atoms with E-state index in [1.165, 1.54) is 35.9 Å². The molecule has 0 N–H and O–H groups in total. The minimum atomic E-state index is -2.95. The summed E-state index contributed by atoms with van der Waals surface area (Å²) in [5, 5.41) is 0. The van der Waals surface area contributed by atoms with Gasteiger partial charge in [0.25, 0.3) is 0 Å². The first-order chi connectivity index (χ1) is 13.5. The number of ether oxygens (including phenoxy) is 1. The Morgan fingerprint density at radius 2 is 1.68 bits per heavy atom. The smallest absolute Gasteiger partial charge is 0.387 e. The summed E-state index contributed by atoms with van der Waals surface area (Å²) in [7, 11) is 0. The summed E-state index contributed by atoms with van der Waals surface area (Å²) in [5.41, 5.74) is 4.38. The van der Waals surface area contributed by atoms with Crippen molar-refractivity contribution >= 4 is 0 Å². The highest BCUT2D eigenvalue weighted by Gasteiger charge is 2.25. The molecule has 0 saturated carbocycles. The number of hydrogen-bond donors (Lipinski definition) is 0. The normalized spacial score (nSPS) is 12.6. The van der Waals surface area contributed by atoms with Crippen LogP contribution in [0.1, 0.15) is 23.6 Å². The van der Waals surface area contributed by atoms with E-state index in [-0.39, 0.29) is 16.9 Å². The third-order valence-electron chi connectivity index (χ3n) is 5.20. The number of hydrogen-bond acceptors (Lipinski definition) is 1. The Morgan fingerprint density at radius 3 is 2.36 bits per heavy atom. The quantitative estimate of drug-likeness (QED) is 0.461. The van der Waals surface area contributed by atoms with Gasteiger partial charge in [0.15, 0.2) is 0 Å². The predicted octanol–water partition coefficient (Wildman–Crippen LogP) is 6.56. The molecule has 0 atom stereocenters. The fourth-order valence-electron chi connectivity index (χ4n) is 3.81. The SMILES string of the molecule is CCc1ccc2c(c1)CCc1c-2cc(F)c(-c2ccc(OC(F)F)cc2)c1F. The van der Waals surface area contributed by atoms with E-state index in [1.54, 1.807) is 0 Å². The lowest BCUT2D eigenvalue weighted by molar-refractivity contribution is -0.0498. The molecule has 0 radical (unpaired) electrons. The standard InChI is InChI=1S/C23H18F4O/c1-2-13-3-9-17-15(11-13)6-10-18-19(17)12-20(24)21(22(18)25)14-4-7-16(8-5-14)28-23(26)27/h3-5,7-9,11-12,23H,2,6,10H2,1H3. The Morgan fingerprint density at radius 1 is 0.929 bits per heavy atom. The van der Waals surface area contributed by atoms with Crippen LogP contribution < -0.4 is 4.74 Å². The van der Waals surface area contributed by atoms with E-state index in [0.717, 1.165) is 17.5 Å². The average Bonchev–Trinajstić information content (AvgIpc) is 2.68. The van der Waals surface area contributed by atoms with Gasteiger partial charge in [0.05, 0.1) is 5.56 Å². The van der Waals surface area contributed by atoms with Crippen molar-refractivity contribution in [2.75, 3.05) is 0 Å². The van der Waals surface area contributed by atoms with Crippen LogP contribution in [0.25, 0.3) is 22.3 Å². The lowest BCUT2D eigenvalue weighted by Gasteiger charge is -2.23. The summed E-state index contributed by atoms with van der Waals surface area (Å²) < 4.78 is 59.0. The number of benzene rings is 3.